The number of pyridine rings is 1. The molecule has 10 heteroatoms. The van der Waals surface area contributed by atoms with E-state index in [4.69, 9.17) is 27.9 Å². The van der Waals surface area contributed by atoms with E-state index in [-0.39, 0.29) is 22.3 Å². The van der Waals surface area contributed by atoms with Gasteiger partial charge in [-0.3, -0.25) is 0 Å². The largest absolute Gasteiger partial charge is 0.444 e. The first-order valence-corrected chi connectivity index (χ1v) is 13.3. The average Bonchev–Trinajstić information content (AvgIpc) is 2.83. The number of aryl methyl sites for hydroxylation is 2. The first-order chi connectivity index (χ1) is 17.4. The molecule has 1 atom stereocenters. The second kappa shape index (κ2) is 10.5. The maximum atomic E-state index is 13.7. The third kappa shape index (κ3) is 5.41. The van der Waals surface area contributed by atoms with Gasteiger partial charge >= 0.3 is 11.8 Å². The van der Waals surface area contributed by atoms with Gasteiger partial charge in [0.25, 0.3) is 0 Å². The second-order valence-corrected chi connectivity index (χ2v) is 11.1. The van der Waals surface area contributed by atoms with Crippen molar-refractivity contribution in [2.24, 2.45) is 0 Å². The lowest BCUT2D eigenvalue weighted by Gasteiger charge is -2.41. The number of rotatable bonds is 4. The Balaban J connectivity index is 1.84. The van der Waals surface area contributed by atoms with Gasteiger partial charge in [0.2, 0.25) is 0 Å². The number of nitrogens with zero attached hydrogens (tertiary/aromatic N) is 5. The number of carbonyl (C=O) groups is 1. The normalized spacial score (nSPS) is 16.4. The van der Waals surface area contributed by atoms with E-state index in [1.165, 1.54) is 0 Å². The predicted octanol–water partition coefficient (Wildman–Crippen LogP) is 5.66. The Morgan fingerprint density at radius 1 is 1.11 bits per heavy atom. The van der Waals surface area contributed by atoms with E-state index in [0.29, 0.717) is 36.5 Å². The molecule has 3 aromatic rings. The fourth-order valence-electron chi connectivity index (χ4n) is 4.77. The van der Waals surface area contributed by atoms with E-state index < -0.39 is 11.3 Å². The summed E-state index contributed by atoms with van der Waals surface area (Å²) in [5.74, 6) is 0.477. The van der Waals surface area contributed by atoms with Crippen LogP contribution in [0.4, 0.5) is 10.6 Å². The van der Waals surface area contributed by atoms with Crippen molar-refractivity contribution >= 4 is 46.1 Å². The van der Waals surface area contributed by atoms with Crippen molar-refractivity contribution in [2.75, 3.05) is 24.5 Å². The molecule has 1 fully saturated rings. The summed E-state index contributed by atoms with van der Waals surface area (Å²) in [6, 6.07) is 7.61. The van der Waals surface area contributed by atoms with Crippen LogP contribution in [-0.4, -0.2) is 56.8 Å². The van der Waals surface area contributed by atoms with Crippen LogP contribution in [0, 0.1) is 0 Å². The molecule has 1 aliphatic rings. The molecular weight excluding hydrogens is 513 g/mol. The van der Waals surface area contributed by atoms with Crippen LogP contribution in [0.15, 0.2) is 29.1 Å². The van der Waals surface area contributed by atoms with Gasteiger partial charge in [0.05, 0.1) is 16.1 Å². The minimum atomic E-state index is -0.576. The quantitative estimate of drug-likeness (QED) is 0.393. The number of piperazine rings is 1. The molecule has 1 unspecified atom stereocenters. The van der Waals surface area contributed by atoms with Crippen LogP contribution < -0.4 is 10.6 Å². The molecule has 1 aliphatic heterocycles. The monoisotopic (exact) mass is 545 g/mol. The highest BCUT2D eigenvalue weighted by Crippen LogP contribution is 2.33. The van der Waals surface area contributed by atoms with E-state index in [0.717, 1.165) is 29.7 Å². The number of hydrogen-bond acceptors (Lipinski definition) is 6. The molecule has 8 nitrogen and oxygen atoms in total. The second-order valence-electron chi connectivity index (χ2n) is 10.3. The SMILES string of the molecule is CCc1cccc(CC)c1-n1c(=O)nc(N2CCN(C(=O)OC(C)(C)C)CC2C)c2cc(Cl)c(Cl)nc21. The lowest BCUT2D eigenvalue weighted by molar-refractivity contribution is 0.0218. The maximum absolute atomic E-state index is 13.7. The molecule has 0 aliphatic carbocycles. The third-order valence-corrected chi connectivity index (χ3v) is 7.17. The van der Waals surface area contributed by atoms with Gasteiger partial charge in [-0.15, -0.1) is 0 Å². The standard InChI is InChI=1S/C27H33Cl2N5O3/c1-7-17-10-9-11-18(8-2)21(17)34-24-19(14-20(28)22(29)30-24)23(31-25(34)35)33-13-12-32(15-16(33)3)26(36)37-27(4,5)6/h9-11,14,16H,7-8,12-13,15H2,1-6H3. The molecule has 0 saturated carbocycles. The van der Waals surface area contributed by atoms with Crippen molar-refractivity contribution < 1.29 is 9.53 Å². The molecule has 198 valence electrons. The van der Waals surface area contributed by atoms with E-state index in [9.17, 15) is 9.59 Å². The van der Waals surface area contributed by atoms with Gasteiger partial charge in [0.15, 0.2) is 5.65 Å². The number of para-hydroxylation sites is 1. The van der Waals surface area contributed by atoms with E-state index in [1.807, 2.05) is 50.8 Å². The summed E-state index contributed by atoms with van der Waals surface area (Å²) in [7, 11) is 0. The highest BCUT2D eigenvalue weighted by atomic mass is 35.5. The topological polar surface area (TPSA) is 80.6 Å². The Hall–Kier alpha value is -2.84. The zero-order valence-electron chi connectivity index (χ0n) is 22.1. The number of hydrogen-bond donors (Lipinski definition) is 0. The van der Waals surface area contributed by atoms with E-state index in [1.54, 1.807) is 15.5 Å². The lowest BCUT2D eigenvalue weighted by atomic mass is 10.0. The van der Waals surface area contributed by atoms with Crippen LogP contribution in [0.2, 0.25) is 10.2 Å². The third-order valence-electron chi connectivity index (χ3n) is 6.50. The summed E-state index contributed by atoms with van der Waals surface area (Å²) >= 11 is 12.8. The Bertz CT molecular complexity index is 1380. The van der Waals surface area contributed by atoms with E-state index >= 15 is 0 Å². The van der Waals surface area contributed by atoms with Crippen molar-refractivity contribution in [3.8, 4) is 5.69 Å². The van der Waals surface area contributed by atoms with Crippen LogP contribution in [0.3, 0.4) is 0 Å². The molecule has 2 aromatic heterocycles. The van der Waals surface area contributed by atoms with Crippen LogP contribution in [0.25, 0.3) is 16.7 Å². The fourth-order valence-corrected chi connectivity index (χ4v) is 5.06. The molecule has 4 rings (SSSR count). The predicted molar refractivity (Wildman–Crippen MR) is 149 cm³/mol. The van der Waals surface area contributed by atoms with Gasteiger partial charge in [0, 0.05) is 25.7 Å². The number of fused-ring (bicyclic) bond motifs is 1. The first-order valence-electron chi connectivity index (χ1n) is 12.6. The minimum Gasteiger partial charge on any atom is -0.444 e. The molecule has 1 aromatic carbocycles. The summed E-state index contributed by atoms with van der Waals surface area (Å²) < 4.78 is 7.11. The number of ether oxygens (including phenoxy) is 1. The highest BCUT2D eigenvalue weighted by molar-refractivity contribution is 6.41. The van der Waals surface area contributed by atoms with Crippen LogP contribution in [0.5, 0.6) is 0 Å². The first kappa shape index (κ1) is 27.2. The molecule has 37 heavy (non-hydrogen) atoms. The van der Waals surface area contributed by atoms with Gasteiger partial charge < -0.3 is 14.5 Å². The Kier molecular flexibility index (Phi) is 7.72. The smallest absolute Gasteiger partial charge is 0.410 e. The zero-order chi connectivity index (χ0) is 27.1. The van der Waals surface area contributed by atoms with Crippen molar-refractivity contribution in [3.05, 3.63) is 56.1 Å². The number of amides is 1. The summed E-state index contributed by atoms with van der Waals surface area (Å²) in [6.45, 7) is 13.0. The molecule has 0 bridgehead atoms. The summed E-state index contributed by atoms with van der Waals surface area (Å²) in [5.41, 5.74) is 2.21. The number of aromatic nitrogens is 3. The number of halogens is 2. The molecule has 0 spiro atoms. The average molecular weight is 546 g/mol. The number of benzene rings is 1. The molecule has 0 radical (unpaired) electrons. The maximum Gasteiger partial charge on any atom is 0.410 e. The molecule has 0 N–H and O–H groups in total. The Morgan fingerprint density at radius 3 is 2.32 bits per heavy atom. The van der Waals surface area contributed by atoms with Gasteiger partial charge in [-0.2, -0.15) is 4.98 Å². The van der Waals surface area contributed by atoms with Crippen LogP contribution >= 0.6 is 23.2 Å². The summed E-state index contributed by atoms with van der Waals surface area (Å²) in [4.78, 5) is 39.2. The number of anilines is 1. The Morgan fingerprint density at radius 2 is 1.76 bits per heavy atom. The van der Waals surface area contributed by atoms with Gasteiger partial charge in [-0.1, -0.05) is 55.2 Å². The lowest BCUT2D eigenvalue weighted by Crippen LogP contribution is -2.55. The van der Waals surface area contributed by atoms with Crippen molar-refractivity contribution in [1.82, 2.24) is 19.4 Å². The zero-order valence-corrected chi connectivity index (χ0v) is 23.7. The molecule has 1 saturated heterocycles. The minimum absolute atomic E-state index is 0.120. The van der Waals surface area contributed by atoms with Crippen molar-refractivity contribution in [3.63, 3.8) is 0 Å². The summed E-state index contributed by atoms with van der Waals surface area (Å²) in [5, 5.41) is 1.02. The number of carbonyl (C=O) groups excluding carboxylic acids is 1. The van der Waals surface area contributed by atoms with Gasteiger partial charge in [0.1, 0.15) is 16.6 Å². The van der Waals surface area contributed by atoms with Crippen molar-refractivity contribution in [2.45, 2.75) is 66.0 Å². The molecule has 1 amide bonds. The van der Waals surface area contributed by atoms with Crippen LogP contribution in [-0.2, 0) is 17.6 Å². The van der Waals surface area contributed by atoms with E-state index in [2.05, 4.69) is 23.8 Å². The van der Waals surface area contributed by atoms with Gasteiger partial charge in [-0.05, 0) is 57.7 Å². The highest BCUT2D eigenvalue weighted by Gasteiger charge is 2.32. The molecular formula is C27H33Cl2N5O3. The van der Waals surface area contributed by atoms with Crippen LogP contribution in [0.1, 0.15) is 52.7 Å². The van der Waals surface area contributed by atoms with Gasteiger partial charge in [-0.25, -0.2) is 19.1 Å². The van der Waals surface area contributed by atoms with Crippen molar-refractivity contribution in [1.29, 1.82) is 0 Å². The Labute approximate surface area is 227 Å². The summed E-state index contributed by atoms with van der Waals surface area (Å²) in [6.07, 6.45) is 1.13. The molecule has 3 heterocycles. The fraction of sp³-hybridized carbons (Fsp3) is 0.481.